The summed E-state index contributed by atoms with van der Waals surface area (Å²) in [7, 11) is 1.54. The summed E-state index contributed by atoms with van der Waals surface area (Å²) in [5.41, 5.74) is 1.12. The van der Waals surface area contributed by atoms with Crippen molar-refractivity contribution in [3.8, 4) is 11.5 Å². The molecule has 0 aliphatic rings. The maximum absolute atomic E-state index is 10.7. The standard InChI is InChI=1S/C14H18O3/c1-11(15)6-4-3-5-7-12-8-9-13(16)14(10-12)17-2/h4,6,8-10,16H,3,5,7H2,1-2H3. The van der Waals surface area contributed by atoms with Crippen molar-refractivity contribution < 1.29 is 14.6 Å². The van der Waals surface area contributed by atoms with Crippen LogP contribution in [-0.4, -0.2) is 18.0 Å². The fourth-order valence-corrected chi connectivity index (χ4v) is 1.55. The molecular formula is C14H18O3. The number of phenols is 1. The molecule has 0 aliphatic heterocycles. The predicted octanol–water partition coefficient (Wildman–Crippen LogP) is 2.87. The van der Waals surface area contributed by atoms with Crippen LogP contribution in [0.4, 0.5) is 0 Å². The van der Waals surface area contributed by atoms with E-state index in [9.17, 15) is 9.90 Å². The summed E-state index contributed by atoms with van der Waals surface area (Å²) in [6.45, 7) is 1.54. The molecule has 0 aromatic heterocycles. The van der Waals surface area contributed by atoms with E-state index in [-0.39, 0.29) is 11.5 Å². The van der Waals surface area contributed by atoms with E-state index in [4.69, 9.17) is 4.74 Å². The second-order valence-corrected chi connectivity index (χ2v) is 3.91. The van der Waals surface area contributed by atoms with Crippen molar-refractivity contribution in [2.75, 3.05) is 7.11 Å². The van der Waals surface area contributed by atoms with Gasteiger partial charge in [-0.15, -0.1) is 0 Å². The van der Waals surface area contributed by atoms with Crippen LogP contribution >= 0.6 is 0 Å². The molecule has 0 saturated heterocycles. The molecule has 3 nitrogen and oxygen atoms in total. The maximum Gasteiger partial charge on any atom is 0.160 e. The molecule has 92 valence electrons. The number of ether oxygens (including phenoxy) is 1. The minimum absolute atomic E-state index is 0.0799. The van der Waals surface area contributed by atoms with Crippen molar-refractivity contribution in [3.05, 3.63) is 35.9 Å². The van der Waals surface area contributed by atoms with Gasteiger partial charge in [-0.25, -0.2) is 0 Å². The minimum Gasteiger partial charge on any atom is -0.504 e. The number of aryl methyl sites for hydroxylation is 1. The molecule has 0 heterocycles. The first-order chi connectivity index (χ1) is 8.13. The van der Waals surface area contributed by atoms with Crippen molar-refractivity contribution >= 4 is 5.78 Å². The normalized spacial score (nSPS) is 10.7. The van der Waals surface area contributed by atoms with Gasteiger partial charge in [0.25, 0.3) is 0 Å². The van der Waals surface area contributed by atoms with Crippen LogP contribution in [0.3, 0.4) is 0 Å². The molecule has 1 aromatic rings. The van der Waals surface area contributed by atoms with E-state index in [0.29, 0.717) is 5.75 Å². The zero-order valence-electron chi connectivity index (χ0n) is 10.3. The van der Waals surface area contributed by atoms with Gasteiger partial charge in [0.05, 0.1) is 7.11 Å². The number of hydrogen-bond donors (Lipinski definition) is 1. The van der Waals surface area contributed by atoms with Gasteiger partial charge in [-0.1, -0.05) is 12.1 Å². The number of phenolic OH excluding ortho intramolecular Hbond substituents is 1. The molecule has 1 N–H and O–H groups in total. The smallest absolute Gasteiger partial charge is 0.160 e. The van der Waals surface area contributed by atoms with E-state index in [1.54, 1.807) is 19.1 Å². The van der Waals surface area contributed by atoms with Crippen molar-refractivity contribution in [1.29, 1.82) is 0 Å². The number of unbranched alkanes of at least 4 members (excludes halogenated alkanes) is 1. The van der Waals surface area contributed by atoms with Crippen LogP contribution in [0.5, 0.6) is 11.5 Å². The number of carbonyl (C=O) groups excluding carboxylic acids is 1. The highest BCUT2D eigenvalue weighted by molar-refractivity contribution is 5.87. The Labute approximate surface area is 102 Å². The van der Waals surface area contributed by atoms with Crippen LogP contribution in [-0.2, 0) is 11.2 Å². The van der Waals surface area contributed by atoms with Gasteiger partial charge in [0.2, 0.25) is 0 Å². The fraction of sp³-hybridized carbons (Fsp3) is 0.357. The molecule has 0 fully saturated rings. The van der Waals surface area contributed by atoms with E-state index in [1.807, 2.05) is 18.2 Å². The van der Waals surface area contributed by atoms with Crippen LogP contribution in [0.1, 0.15) is 25.3 Å². The Morgan fingerprint density at radius 1 is 1.47 bits per heavy atom. The van der Waals surface area contributed by atoms with Crippen molar-refractivity contribution in [2.24, 2.45) is 0 Å². The first kappa shape index (κ1) is 13.3. The summed E-state index contributed by atoms with van der Waals surface area (Å²) in [4.78, 5) is 10.7. The monoisotopic (exact) mass is 234 g/mol. The number of ketones is 1. The van der Waals surface area contributed by atoms with Gasteiger partial charge < -0.3 is 9.84 Å². The van der Waals surface area contributed by atoms with Crippen molar-refractivity contribution in [1.82, 2.24) is 0 Å². The molecule has 0 unspecified atom stereocenters. The van der Waals surface area contributed by atoms with Gasteiger partial charge in [0.1, 0.15) is 0 Å². The van der Waals surface area contributed by atoms with E-state index in [0.717, 1.165) is 24.8 Å². The molecule has 0 bridgehead atoms. The molecule has 0 atom stereocenters. The molecule has 1 rings (SSSR count). The van der Waals surface area contributed by atoms with Crippen molar-refractivity contribution in [3.63, 3.8) is 0 Å². The van der Waals surface area contributed by atoms with Crippen LogP contribution in [0.2, 0.25) is 0 Å². The predicted molar refractivity (Wildman–Crippen MR) is 67.4 cm³/mol. The summed E-state index contributed by atoms with van der Waals surface area (Å²) in [5, 5.41) is 9.43. The second-order valence-electron chi connectivity index (χ2n) is 3.91. The van der Waals surface area contributed by atoms with E-state index in [2.05, 4.69) is 0 Å². The third-order valence-corrected chi connectivity index (χ3v) is 2.43. The lowest BCUT2D eigenvalue weighted by Gasteiger charge is -2.05. The lowest BCUT2D eigenvalue weighted by atomic mass is 10.1. The summed E-state index contributed by atoms with van der Waals surface area (Å²) in [6.07, 6.45) is 6.23. The summed E-state index contributed by atoms with van der Waals surface area (Å²) in [6, 6.07) is 5.36. The van der Waals surface area contributed by atoms with E-state index < -0.39 is 0 Å². The Balaban J connectivity index is 2.44. The highest BCUT2D eigenvalue weighted by Crippen LogP contribution is 2.26. The third-order valence-electron chi connectivity index (χ3n) is 2.43. The lowest BCUT2D eigenvalue weighted by molar-refractivity contribution is -0.112. The Morgan fingerprint density at radius 2 is 2.24 bits per heavy atom. The molecule has 0 saturated carbocycles. The van der Waals surface area contributed by atoms with Crippen LogP contribution in [0.25, 0.3) is 0 Å². The van der Waals surface area contributed by atoms with Gasteiger partial charge in [0, 0.05) is 0 Å². The number of benzene rings is 1. The number of hydrogen-bond acceptors (Lipinski definition) is 3. The Morgan fingerprint density at radius 3 is 2.88 bits per heavy atom. The topological polar surface area (TPSA) is 46.5 Å². The highest BCUT2D eigenvalue weighted by Gasteiger charge is 2.01. The fourth-order valence-electron chi connectivity index (χ4n) is 1.55. The number of rotatable bonds is 6. The van der Waals surface area contributed by atoms with E-state index in [1.165, 1.54) is 7.11 Å². The first-order valence-corrected chi connectivity index (χ1v) is 5.66. The third kappa shape index (κ3) is 4.72. The number of allylic oxidation sites excluding steroid dienone is 2. The number of methoxy groups -OCH3 is 1. The SMILES string of the molecule is COc1cc(CCCC=CC(C)=O)ccc1O. The molecule has 1 aromatic carbocycles. The molecule has 0 amide bonds. The Kier molecular flexibility index (Phi) is 5.27. The summed E-state index contributed by atoms with van der Waals surface area (Å²) < 4.78 is 5.04. The molecule has 17 heavy (non-hydrogen) atoms. The molecular weight excluding hydrogens is 216 g/mol. The minimum atomic E-state index is 0.0799. The van der Waals surface area contributed by atoms with Gasteiger partial charge in [-0.05, 0) is 50.0 Å². The Hall–Kier alpha value is -1.77. The maximum atomic E-state index is 10.7. The number of aromatic hydroxyl groups is 1. The average molecular weight is 234 g/mol. The zero-order chi connectivity index (χ0) is 12.7. The van der Waals surface area contributed by atoms with Crippen LogP contribution < -0.4 is 4.74 Å². The average Bonchev–Trinajstić information content (AvgIpc) is 2.30. The summed E-state index contributed by atoms with van der Waals surface area (Å²) in [5.74, 6) is 0.741. The quantitative estimate of drug-likeness (QED) is 0.608. The van der Waals surface area contributed by atoms with Crippen LogP contribution in [0, 0.1) is 0 Å². The van der Waals surface area contributed by atoms with Gasteiger partial charge in [0.15, 0.2) is 17.3 Å². The molecule has 0 aliphatic carbocycles. The van der Waals surface area contributed by atoms with Crippen molar-refractivity contribution in [2.45, 2.75) is 26.2 Å². The number of carbonyl (C=O) groups is 1. The summed E-state index contributed by atoms with van der Waals surface area (Å²) >= 11 is 0. The first-order valence-electron chi connectivity index (χ1n) is 5.66. The molecule has 0 spiro atoms. The largest absolute Gasteiger partial charge is 0.504 e. The van der Waals surface area contributed by atoms with Gasteiger partial charge >= 0.3 is 0 Å². The van der Waals surface area contributed by atoms with Gasteiger partial charge in [-0.2, -0.15) is 0 Å². The second kappa shape index (κ2) is 6.74. The molecule has 0 radical (unpaired) electrons. The van der Waals surface area contributed by atoms with E-state index >= 15 is 0 Å². The van der Waals surface area contributed by atoms with Crippen LogP contribution in [0.15, 0.2) is 30.4 Å². The zero-order valence-corrected chi connectivity index (χ0v) is 10.3. The van der Waals surface area contributed by atoms with Gasteiger partial charge in [-0.3, -0.25) is 4.79 Å². The highest BCUT2D eigenvalue weighted by atomic mass is 16.5. The molecule has 3 heteroatoms. The Bertz CT molecular complexity index is 408. The lowest BCUT2D eigenvalue weighted by Crippen LogP contribution is -1.89.